The van der Waals surface area contributed by atoms with Gasteiger partial charge in [-0.15, -0.1) is 0 Å². The summed E-state index contributed by atoms with van der Waals surface area (Å²) in [4.78, 5) is 12.6. The van der Waals surface area contributed by atoms with Gasteiger partial charge in [0.2, 0.25) is 5.91 Å². The van der Waals surface area contributed by atoms with Crippen LogP contribution in [0.1, 0.15) is 38.2 Å². The molecule has 1 aliphatic heterocycles. The van der Waals surface area contributed by atoms with Crippen LogP contribution in [0, 0.1) is 0 Å². The van der Waals surface area contributed by atoms with Gasteiger partial charge in [-0.05, 0) is 25.8 Å². The van der Waals surface area contributed by atoms with Gasteiger partial charge in [-0.3, -0.25) is 4.79 Å². The smallest absolute Gasteiger partial charge is 0.228 e. The highest BCUT2D eigenvalue weighted by molar-refractivity contribution is 5.95. The summed E-state index contributed by atoms with van der Waals surface area (Å²) >= 11 is 0. The largest absolute Gasteiger partial charge is 0.493 e. The molecule has 6 heteroatoms. The first-order valence-corrected chi connectivity index (χ1v) is 7.03. The zero-order valence-electron chi connectivity index (χ0n) is 12.3. The summed E-state index contributed by atoms with van der Waals surface area (Å²) in [5.74, 6) is 0.318. The monoisotopic (exact) mass is 291 g/mol. The third-order valence-electron chi connectivity index (χ3n) is 4.05. The minimum Gasteiger partial charge on any atom is -0.493 e. The van der Waals surface area contributed by atoms with Crippen molar-refractivity contribution in [3.63, 3.8) is 0 Å². The molecule has 2 rings (SSSR count). The lowest BCUT2D eigenvalue weighted by Gasteiger charge is -2.32. The summed E-state index contributed by atoms with van der Waals surface area (Å²) in [6, 6.07) is 7.52. The van der Waals surface area contributed by atoms with Gasteiger partial charge in [0.1, 0.15) is 5.75 Å². The molecule has 6 nitrogen and oxygen atoms in total. The lowest BCUT2D eigenvalue weighted by molar-refractivity contribution is -0.124. The van der Waals surface area contributed by atoms with Crippen molar-refractivity contribution in [2.24, 2.45) is 10.9 Å². The van der Waals surface area contributed by atoms with E-state index >= 15 is 0 Å². The first-order valence-electron chi connectivity index (χ1n) is 7.03. The molecule has 0 aliphatic carbocycles. The van der Waals surface area contributed by atoms with Gasteiger partial charge in [-0.2, -0.15) is 0 Å². The van der Waals surface area contributed by atoms with Crippen molar-refractivity contribution in [1.29, 1.82) is 0 Å². The number of rotatable bonds is 4. The predicted octanol–water partition coefficient (Wildman–Crippen LogP) is 1.58. The normalized spacial score (nSPS) is 20.9. The van der Waals surface area contributed by atoms with Gasteiger partial charge in [0.15, 0.2) is 5.84 Å². The van der Waals surface area contributed by atoms with E-state index in [9.17, 15) is 4.79 Å². The van der Waals surface area contributed by atoms with E-state index in [4.69, 9.17) is 15.7 Å². The first kappa shape index (κ1) is 15.2. The molecule has 1 aromatic rings. The van der Waals surface area contributed by atoms with Crippen LogP contribution in [0.2, 0.25) is 0 Å². The van der Waals surface area contributed by atoms with E-state index in [0.717, 1.165) is 11.3 Å². The minimum atomic E-state index is -0.862. The number of para-hydroxylation sites is 1. The van der Waals surface area contributed by atoms with Crippen LogP contribution in [0.3, 0.4) is 0 Å². The molecule has 0 spiro atoms. The van der Waals surface area contributed by atoms with Crippen molar-refractivity contribution < 1.29 is 14.7 Å². The van der Waals surface area contributed by atoms with E-state index < -0.39 is 5.54 Å². The Kier molecular flexibility index (Phi) is 4.35. The van der Waals surface area contributed by atoms with Gasteiger partial charge in [-0.25, -0.2) is 0 Å². The summed E-state index contributed by atoms with van der Waals surface area (Å²) in [7, 11) is 0. The molecule has 0 radical (unpaired) electrons. The van der Waals surface area contributed by atoms with Crippen molar-refractivity contribution in [3.05, 3.63) is 29.8 Å². The fraction of sp³-hybridized carbons (Fsp3) is 0.467. The van der Waals surface area contributed by atoms with Crippen molar-refractivity contribution in [2.45, 2.75) is 38.1 Å². The fourth-order valence-electron chi connectivity index (χ4n) is 2.42. The van der Waals surface area contributed by atoms with Crippen LogP contribution in [0.4, 0.5) is 0 Å². The van der Waals surface area contributed by atoms with E-state index in [0.29, 0.717) is 19.4 Å². The zero-order chi connectivity index (χ0) is 15.5. The molecule has 1 aliphatic rings. The number of fused-ring (bicyclic) bond motifs is 1. The van der Waals surface area contributed by atoms with Gasteiger partial charge in [-0.1, -0.05) is 30.3 Å². The number of hydrogen-bond acceptors (Lipinski definition) is 4. The van der Waals surface area contributed by atoms with Gasteiger partial charge in [0.25, 0.3) is 0 Å². The van der Waals surface area contributed by atoms with Crippen LogP contribution in [0.5, 0.6) is 5.75 Å². The third-order valence-corrected chi connectivity index (χ3v) is 4.05. The number of nitrogens with one attached hydrogen (secondary N) is 1. The van der Waals surface area contributed by atoms with Crippen LogP contribution < -0.4 is 15.8 Å². The molecule has 0 saturated carbocycles. The fourth-order valence-corrected chi connectivity index (χ4v) is 2.42. The topological polar surface area (TPSA) is 96.9 Å². The predicted molar refractivity (Wildman–Crippen MR) is 79.5 cm³/mol. The molecule has 4 N–H and O–H groups in total. The van der Waals surface area contributed by atoms with E-state index in [2.05, 4.69) is 10.5 Å². The van der Waals surface area contributed by atoms with Crippen molar-refractivity contribution in [1.82, 2.24) is 5.32 Å². The summed E-state index contributed by atoms with van der Waals surface area (Å²) < 4.78 is 5.56. The Morgan fingerprint density at radius 2 is 2.29 bits per heavy atom. The quantitative estimate of drug-likeness (QED) is 0.339. The van der Waals surface area contributed by atoms with Gasteiger partial charge in [0.05, 0.1) is 18.1 Å². The van der Waals surface area contributed by atoms with Crippen LogP contribution >= 0.6 is 0 Å². The Hall–Kier alpha value is -2.24. The molecule has 1 amide bonds. The Morgan fingerprint density at radius 3 is 2.95 bits per heavy atom. The van der Waals surface area contributed by atoms with Crippen molar-refractivity contribution >= 4 is 11.7 Å². The Balaban J connectivity index is 2.22. The number of carbonyl (C=O) groups excluding carboxylic acids is 1. The average Bonchev–Trinajstić information content (AvgIpc) is 2.53. The summed E-state index contributed by atoms with van der Waals surface area (Å²) in [5, 5.41) is 14.8. The van der Waals surface area contributed by atoms with Gasteiger partial charge < -0.3 is 21.0 Å². The Morgan fingerprint density at radius 1 is 1.57 bits per heavy atom. The number of amidine groups is 1. The molecule has 2 unspecified atom stereocenters. The number of nitrogens with two attached hydrogens (primary N) is 1. The SMILES string of the molecule is CCC(C)(NC(=O)C1CCOc2ccccc21)C(N)=NO. The second-order valence-corrected chi connectivity index (χ2v) is 5.39. The maximum Gasteiger partial charge on any atom is 0.228 e. The van der Waals surface area contributed by atoms with E-state index in [1.54, 1.807) is 6.92 Å². The van der Waals surface area contributed by atoms with E-state index in [1.165, 1.54) is 0 Å². The second kappa shape index (κ2) is 6.03. The zero-order valence-corrected chi connectivity index (χ0v) is 12.3. The molecule has 1 aromatic carbocycles. The Bertz CT molecular complexity index is 559. The van der Waals surface area contributed by atoms with Crippen LogP contribution in [-0.2, 0) is 4.79 Å². The molecule has 0 saturated heterocycles. The number of carbonyl (C=O) groups is 1. The lowest BCUT2D eigenvalue weighted by Crippen LogP contribution is -2.56. The summed E-state index contributed by atoms with van der Waals surface area (Å²) in [5.41, 5.74) is 5.71. The maximum absolute atomic E-state index is 12.6. The highest BCUT2D eigenvalue weighted by Gasteiger charge is 2.34. The molecule has 0 fully saturated rings. The number of oxime groups is 1. The third kappa shape index (κ3) is 2.94. The minimum absolute atomic E-state index is 0.00121. The summed E-state index contributed by atoms with van der Waals surface area (Å²) in [6.07, 6.45) is 1.14. The van der Waals surface area contributed by atoms with Gasteiger partial charge >= 0.3 is 0 Å². The molecule has 2 atom stereocenters. The average molecular weight is 291 g/mol. The van der Waals surface area contributed by atoms with Crippen LogP contribution in [0.25, 0.3) is 0 Å². The number of benzene rings is 1. The molecule has 21 heavy (non-hydrogen) atoms. The Labute approximate surface area is 124 Å². The van der Waals surface area contributed by atoms with E-state index in [1.807, 2.05) is 31.2 Å². The van der Waals surface area contributed by atoms with Crippen LogP contribution in [-0.4, -0.2) is 29.1 Å². The highest BCUT2D eigenvalue weighted by Crippen LogP contribution is 2.33. The molecule has 0 aromatic heterocycles. The van der Waals surface area contributed by atoms with E-state index in [-0.39, 0.29) is 17.7 Å². The first-order chi connectivity index (χ1) is 10.0. The highest BCUT2D eigenvalue weighted by atomic mass is 16.5. The molecule has 0 bridgehead atoms. The van der Waals surface area contributed by atoms with Gasteiger partial charge in [0, 0.05) is 5.56 Å². The second-order valence-electron chi connectivity index (χ2n) is 5.39. The number of nitrogens with zero attached hydrogens (tertiary/aromatic N) is 1. The lowest BCUT2D eigenvalue weighted by atomic mass is 9.90. The molecule has 1 heterocycles. The standard InChI is InChI=1S/C15H21N3O3/c1-3-15(2,14(16)18-20)17-13(19)11-8-9-21-12-7-5-4-6-10(11)12/h4-7,11,20H,3,8-9H2,1-2H3,(H2,16,18)(H,17,19). The number of hydrogen-bond donors (Lipinski definition) is 3. The molecule has 114 valence electrons. The summed E-state index contributed by atoms with van der Waals surface area (Å²) in [6.45, 7) is 4.11. The number of ether oxygens (including phenoxy) is 1. The van der Waals surface area contributed by atoms with Crippen molar-refractivity contribution in [2.75, 3.05) is 6.61 Å². The van der Waals surface area contributed by atoms with Crippen molar-refractivity contribution in [3.8, 4) is 5.75 Å². The maximum atomic E-state index is 12.6. The molecular formula is C15H21N3O3. The number of amides is 1. The molecular weight excluding hydrogens is 270 g/mol. The van der Waals surface area contributed by atoms with Crippen LogP contribution in [0.15, 0.2) is 29.4 Å².